The topological polar surface area (TPSA) is 29.5 Å². The molecule has 2 aromatic rings. The molecule has 0 spiro atoms. The van der Waals surface area contributed by atoms with Gasteiger partial charge in [-0.2, -0.15) is 0 Å². The number of hydrogen-bond donors (Lipinski definition) is 0. The Hall–Kier alpha value is -2.09. The van der Waals surface area contributed by atoms with Crippen LogP contribution in [0, 0.1) is 17.8 Å². The molecule has 1 heterocycles. The number of halogens is 1. The molecule has 0 saturated carbocycles. The highest BCUT2D eigenvalue weighted by molar-refractivity contribution is 8.01. The molecule has 1 atom stereocenters. The molecular weight excluding hydrogens is 378 g/mol. The van der Waals surface area contributed by atoms with Crippen LogP contribution in [0.2, 0.25) is 0 Å². The van der Waals surface area contributed by atoms with Crippen molar-refractivity contribution in [2.75, 3.05) is 24.4 Å². The summed E-state index contributed by atoms with van der Waals surface area (Å²) in [4.78, 5) is 16.4. The molecule has 1 amide bonds. The molecule has 1 aliphatic rings. The largest absolute Gasteiger partial charge is 0.481 e. The van der Waals surface area contributed by atoms with Crippen molar-refractivity contribution in [2.24, 2.45) is 5.92 Å². The Kier molecular flexibility index (Phi) is 6.04. The average molecular weight is 400 g/mol. The lowest BCUT2D eigenvalue weighted by Crippen LogP contribution is -2.49. The SMILES string of the molecule is CC(C)C1(c2ccccc2OCC#CCCl)Sc2ccccc2N(C)C1=O. The van der Waals surface area contributed by atoms with Crippen LogP contribution in [-0.2, 0) is 9.54 Å². The van der Waals surface area contributed by atoms with Crippen molar-refractivity contribution in [2.45, 2.75) is 23.5 Å². The van der Waals surface area contributed by atoms with E-state index in [0.717, 1.165) is 16.1 Å². The average Bonchev–Trinajstić information content (AvgIpc) is 2.68. The van der Waals surface area contributed by atoms with Gasteiger partial charge in [-0.1, -0.05) is 56.0 Å². The van der Waals surface area contributed by atoms with E-state index in [1.807, 2.05) is 49.5 Å². The zero-order valence-corrected chi connectivity index (χ0v) is 17.2. The fourth-order valence-corrected chi connectivity index (χ4v) is 4.99. The van der Waals surface area contributed by atoms with Crippen molar-refractivity contribution in [3.05, 3.63) is 54.1 Å². The highest BCUT2D eigenvalue weighted by atomic mass is 35.5. The molecule has 0 bridgehead atoms. The lowest BCUT2D eigenvalue weighted by atomic mass is 9.85. The normalized spacial score (nSPS) is 18.7. The van der Waals surface area contributed by atoms with Crippen molar-refractivity contribution in [3.63, 3.8) is 0 Å². The number of likely N-dealkylation sites (N-methyl/N-ethyl adjacent to an activating group) is 1. The van der Waals surface area contributed by atoms with Crippen LogP contribution in [0.25, 0.3) is 0 Å². The maximum Gasteiger partial charge on any atom is 0.248 e. The van der Waals surface area contributed by atoms with Gasteiger partial charge >= 0.3 is 0 Å². The second-order valence-electron chi connectivity index (χ2n) is 6.60. The third-order valence-corrected chi connectivity index (χ3v) is 6.60. The number of thioether (sulfide) groups is 1. The van der Waals surface area contributed by atoms with Gasteiger partial charge in [0.2, 0.25) is 5.91 Å². The van der Waals surface area contributed by atoms with E-state index in [-0.39, 0.29) is 24.3 Å². The first-order chi connectivity index (χ1) is 13.0. The second-order valence-corrected chi connectivity index (χ2v) is 8.15. The molecule has 1 aliphatic heterocycles. The predicted molar refractivity (Wildman–Crippen MR) is 113 cm³/mol. The third-order valence-electron chi connectivity index (χ3n) is 4.71. The first-order valence-corrected chi connectivity index (χ1v) is 10.2. The van der Waals surface area contributed by atoms with Crippen molar-refractivity contribution < 1.29 is 9.53 Å². The van der Waals surface area contributed by atoms with Crippen LogP contribution < -0.4 is 9.64 Å². The summed E-state index contributed by atoms with van der Waals surface area (Å²) in [5.74, 6) is 6.75. The molecule has 27 heavy (non-hydrogen) atoms. The van der Waals surface area contributed by atoms with Crippen LogP contribution in [0.15, 0.2) is 53.4 Å². The Morgan fingerprint density at radius 1 is 1.15 bits per heavy atom. The first-order valence-electron chi connectivity index (χ1n) is 8.82. The first kappa shape index (κ1) is 19.7. The number of carbonyl (C=O) groups is 1. The number of ether oxygens (including phenoxy) is 1. The maximum absolute atomic E-state index is 13.6. The summed E-state index contributed by atoms with van der Waals surface area (Å²) < 4.78 is 5.16. The van der Waals surface area contributed by atoms with Crippen molar-refractivity contribution in [1.82, 2.24) is 0 Å². The van der Waals surface area contributed by atoms with E-state index in [1.54, 1.807) is 16.7 Å². The molecular formula is C22H22ClNO2S. The monoisotopic (exact) mass is 399 g/mol. The van der Waals surface area contributed by atoms with Crippen LogP contribution in [0.5, 0.6) is 5.75 Å². The molecule has 2 aromatic carbocycles. The van der Waals surface area contributed by atoms with Gasteiger partial charge in [0.1, 0.15) is 17.1 Å². The van der Waals surface area contributed by atoms with Crippen LogP contribution in [0.3, 0.4) is 0 Å². The van der Waals surface area contributed by atoms with E-state index >= 15 is 0 Å². The van der Waals surface area contributed by atoms with Gasteiger partial charge in [0.15, 0.2) is 0 Å². The number of para-hydroxylation sites is 2. The minimum absolute atomic E-state index is 0.0593. The lowest BCUT2D eigenvalue weighted by molar-refractivity contribution is -0.122. The van der Waals surface area contributed by atoms with Crippen molar-refractivity contribution in [1.29, 1.82) is 0 Å². The minimum Gasteiger partial charge on any atom is -0.481 e. The van der Waals surface area contributed by atoms with E-state index in [4.69, 9.17) is 16.3 Å². The minimum atomic E-state index is -0.764. The zero-order valence-electron chi connectivity index (χ0n) is 15.7. The van der Waals surface area contributed by atoms with Gasteiger partial charge in [0.25, 0.3) is 0 Å². The van der Waals surface area contributed by atoms with Crippen LogP contribution in [0.1, 0.15) is 19.4 Å². The maximum atomic E-state index is 13.6. The predicted octanol–water partition coefficient (Wildman–Crippen LogP) is 4.93. The number of hydrogen-bond acceptors (Lipinski definition) is 3. The number of carbonyl (C=O) groups excluding carboxylic acids is 1. The number of anilines is 1. The summed E-state index contributed by atoms with van der Waals surface area (Å²) in [6.07, 6.45) is 0. The molecule has 0 aromatic heterocycles. The fourth-order valence-electron chi connectivity index (χ4n) is 3.35. The molecule has 0 saturated heterocycles. The highest BCUT2D eigenvalue weighted by Gasteiger charge is 2.51. The van der Waals surface area contributed by atoms with E-state index in [0.29, 0.717) is 5.75 Å². The molecule has 3 nitrogen and oxygen atoms in total. The molecule has 0 fully saturated rings. The van der Waals surface area contributed by atoms with Gasteiger partial charge in [0.05, 0.1) is 11.6 Å². The number of amides is 1. The Bertz CT molecular complexity index is 902. The standard InChI is InChI=1S/C22H22ClNO2S/c1-16(2)22(17-10-4-6-12-19(17)26-15-9-8-14-23)21(25)24(3)18-11-5-7-13-20(18)27-22/h4-7,10-13,16H,14-15H2,1-3H3. The van der Waals surface area contributed by atoms with E-state index < -0.39 is 4.75 Å². The smallest absolute Gasteiger partial charge is 0.248 e. The van der Waals surface area contributed by atoms with Gasteiger partial charge in [-0.25, -0.2) is 0 Å². The number of rotatable bonds is 4. The summed E-state index contributed by atoms with van der Waals surface area (Å²) >= 11 is 7.21. The van der Waals surface area contributed by atoms with E-state index in [2.05, 4.69) is 31.8 Å². The lowest BCUT2D eigenvalue weighted by Gasteiger charge is -2.43. The fraction of sp³-hybridized carbons (Fsp3) is 0.318. The van der Waals surface area contributed by atoms with E-state index in [1.165, 1.54) is 0 Å². The quantitative estimate of drug-likeness (QED) is 0.539. The van der Waals surface area contributed by atoms with Gasteiger partial charge in [0, 0.05) is 17.5 Å². The Morgan fingerprint density at radius 2 is 1.85 bits per heavy atom. The molecule has 0 aliphatic carbocycles. The molecule has 5 heteroatoms. The van der Waals surface area contributed by atoms with Crippen LogP contribution in [-0.4, -0.2) is 25.4 Å². The van der Waals surface area contributed by atoms with Crippen molar-refractivity contribution in [3.8, 4) is 17.6 Å². The van der Waals surface area contributed by atoms with Crippen molar-refractivity contribution >= 4 is 35.0 Å². The Morgan fingerprint density at radius 3 is 2.59 bits per heavy atom. The number of nitrogens with zero attached hydrogens (tertiary/aromatic N) is 1. The van der Waals surface area contributed by atoms with Gasteiger partial charge in [-0.05, 0) is 24.1 Å². The molecule has 0 N–H and O–H groups in total. The van der Waals surface area contributed by atoms with Gasteiger partial charge in [-0.3, -0.25) is 4.79 Å². The summed E-state index contributed by atoms with van der Waals surface area (Å²) in [6.45, 7) is 4.40. The number of fused-ring (bicyclic) bond motifs is 1. The summed E-state index contributed by atoms with van der Waals surface area (Å²) in [7, 11) is 1.84. The van der Waals surface area contributed by atoms with E-state index in [9.17, 15) is 4.79 Å². The van der Waals surface area contributed by atoms with Gasteiger partial charge < -0.3 is 9.64 Å². The Labute approximate surface area is 170 Å². The molecule has 1 unspecified atom stereocenters. The van der Waals surface area contributed by atoms with Crippen LogP contribution in [0.4, 0.5) is 5.69 Å². The summed E-state index contributed by atoms with van der Waals surface area (Å²) in [5.41, 5.74) is 1.82. The summed E-state index contributed by atoms with van der Waals surface area (Å²) in [6, 6.07) is 15.8. The molecule has 3 rings (SSSR count). The third kappa shape index (κ3) is 3.54. The van der Waals surface area contributed by atoms with Crippen LogP contribution >= 0.6 is 23.4 Å². The number of alkyl halides is 1. The highest BCUT2D eigenvalue weighted by Crippen LogP contribution is 2.56. The van der Waals surface area contributed by atoms with Gasteiger partial charge in [-0.15, -0.1) is 23.4 Å². The number of benzene rings is 2. The zero-order chi connectivity index (χ0) is 19.4. The Balaban J connectivity index is 2.11. The summed E-state index contributed by atoms with van der Waals surface area (Å²) in [5, 5.41) is 0. The molecule has 0 radical (unpaired) electrons. The molecule has 140 valence electrons. The second kappa shape index (κ2) is 8.29.